The van der Waals surface area contributed by atoms with Crippen LogP contribution < -0.4 is 5.84 Å². The molecule has 3 rings (SSSR count). The molecule has 0 radical (unpaired) electrons. The average Bonchev–Trinajstić information content (AvgIpc) is 3.04. The van der Waals surface area contributed by atoms with Crippen molar-refractivity contribution in [2.75, 3.05) is 12.4 Å². The lowest BCUT2D eigenvalue weighted by Crippen LogP contribution is -2.44. The molecular weight excluding hydrogens is 358 g/mol. The summed E-state index contributed by atoms with van der Waals surface area (Å²) in [7, 11) is 0. The number of nitrogen functional groups attached to an aromatic ring is 1. The van der Waals surface area contributed by atoms with Crippen molar-refractivity contribution in [3.05, 3.63) is 29.8 Å². The third-order valence-electron chi connectivity index (χ3n) is 5.24. The topological polar surface area (TPSA) is 77.0 Å². The number of hydrogen-bond acceptors (Lipinski definition) is 5. The Hall–Kier alpha value is -2.02. The number of thioether (sulfide) groups is 1. The Labute approximate surface area is 165 Å². The van der Waals surface area contributed by atoms with Crippen molar-refractivity contribution in [2.45, 2.75) is 69.3 Å². The van der Waals surface area contributed by atoms with E-state index >= 15 is 0 Å². The van der Waals surface area contributed by atoms with Crippen LogP contribution >= 0.6 is 11.8 Å². The predicted molar refractivity (Wildman–Crippen MR) is 110 cm³/mol. The maximum atomic E-state index is 13.0. The van der Waals surface area contributed by atoms with Crippen LogP contribution in [-0.2, 0) is 4.79 Å². The highest BCUT2D eigenvalue weighted by Gasteiger charge is 2.29. The van der Waals surface area contributed by atoms with Crippen LogP contribution in [0.25, 0.3) is 11.4 Å². The van der Waals surface area contributed by atoms with E-state index in [0.29, 0.717) is 17.0 Å². The van der Waals surface area contributed by atoms with Gasteiger partial charge in [-0.25, -0.2) is 4.68 Å². The largest absolute Gasteiger partial charge is 0.339 e. The zero-order chi connectivity index (χ0) is 19.4. The average molecular weight is 388 g/mol. The molecule has 0 aliphatic heterocycles. The van der Waals surface area contributed by atoms with Gasteiger partial charge in [0, 0.05) is 18.2 Å². The maximum absolute atomic E-state index is 13.0. The van der Waals surface area contributed by atoms with Gasteiger partial charge in [0.05, 0.1) is 5.25 Å². The molecule has 6 nitrogen and oxygen atoms in total. The number of hydrogen-bond donors (Lipinski definition) is 1. The zero-order valence-electron chi connectivity index (χ0n) is 16.4. The molecule has 1 amide bonds. The maximum Gasteiger partial charge on any atom is 0.236 e. The molecule has 1 aliphatic rings. The summed E-state index contributed by atoms with van der Waals surface area (Å²) in [5.74, 6) is 6.99. The second-order valence-corrected chi connectivity index (χ2v) is 8.53. The summed E-state index contributed by atoms with van der Waals surface area (Å²) in [5, 5.41) is 8.76. The zero-order valence-corrected chi connectivity index (χ0v) is 17.2. The van der Waals surface area contributed by atoms with E-state index in [1.165, 1.54) is 41.3 Å². The molecule has 1 aromatic carbocycles. The fraction of sp³-hybridized carbons (Fsp3) is 0.550. The predicted octanol–water partition coefficient (Wildman–Crippen LogP) is 3.63. The van der Waals surface area contributed by atoms with E-state index in [4.69, 9.17) is 5.84 Å². The molecule has 1 aliphatic carbocycles. The van der Waals surface area contributed by atoms with Crippen molar-refractivity contribution < 1.29 is 4.79 Å². The van der Waals surface area contributed by atoms with Crippen LogP contribution in [0.15, 0.2) is 29.4 Å². The van der Waals surface area contributed by atoms with Gasteiger partial charge in [0.25, 0.3) is 0 Å². The molecule has 1 atom stereocenters. The standard InChI is InChI=1S/C20H29N5OS/c1-4-24(17-8-6-5-7-9-17)19(26)15(3)27-20-23-22-18(25(20)21)16-12-10-14(2)11-13-16/h10-13,15,17H,4-9,21H2,1-3H3/t15-/m1/s1. The van der Waals surface area contributed by atoms with E-state index in [9.17, 15) is 4.79 Å². The number of carbonyl (C=O) groups is 1. The normalized spacial score (nSPS) is 16.3. The first kappa shape index (κ1) is 19.7. The molecule has 2 aromatic rings. The van der Waals surface area contributed by atoms with Crippen LogP contribution in [-0.4, -0.2) is 43.5 Å². The van der Waals surface area contributed by atoms with Crippen LogP contribution in [0, 0.1) is 6.92 Å². The van der Waals surface area contributed by atoms with Gasteiger partial charge in [-0.2, -0.15) is 0 Å². The lowest BCUT2D eigenvalue weighted by molar-refractivity contribution is -0.133. The number of nitrogens with zero attached hydrogens (tertiary/aromatic N) is 4. The number of carbonyl (C=O) groups excluding carboxylic acids is 1. The highest BCUT2D eigenvalue weighted by Crippen LogP contribution is 2.28. The SMILES string of the molecule is CCN(C(=O)[C@@H](C)Sc1nnc(-c2ccc(C)cc2)n1N)C1CCCCC1. The Bertz CT molecular complexity index is 767. The summed E-state index contributed by atoms with van der Waals surface area (Å²) >= 11 is 1.38. The lowest BCUT2D eigenvalue weighted by Gasteiger charge is -2.35. The van der Waals surface area contributed by atoms with Crippen molar-refractivity contribution in [3.63, 3.8) is 0 Å². The molecule has 0 unspecified atom stereocenters. The third-order valence-corrected chi connectivity index (χ3v) is 6.29. The minimum absolute atomic E-state index is 0.161. The van der Waals surface area contributed by atoms with E-state index in [1.54, 1.807) is 0 Å². The van der Waals surface area contributed by atoms with Gasteiger partial charge in [-0.1, -0.05) is 60.9 Å². The summed E-state index contributed by atoms with van der Waals surface area (Å²) < 4.78 is 1.48. The molecule has 146 valence electrons. The van der Waals surface area contributed by atoms with E-state index in [1.807, 2.05) is 43.0 Å². The van der Waals surface area contributed by atoms with Crippen molar-refractivity contribution in [1.29, 1.82) is 0 Å². The van der Waals surface area contributed by atoms with Crippen molar-refractivity contribution in [1.82, 2.24) is 19.8 Å². The molecule has 0 spiro atoms. The van der Waals surface area contributed by atoms with Crippen molar-refractivity contribution in [2.24, 2.45) is 0 Å². The number of aromatic nitrogens is 3. The highest BCUT2D eigenvalue weighted by molar-refractivity contribution is 8.00. The first-order valence-electron chi connectivity index (χ1n) is 9.76. The number of amides is 1. The smallest absolute Gasteiger partial charge is 0.236 e. The highest BCUT2D eigenvalue weighted by atomic mass is 32.2. The molecule has 1 fully saturated rings. The van der Waals surface area contributed by atoms with Crippen LogP contribution in [0.1, 0.15) is 51.5 Å². The van der Waals surface area contributed by atoms with Crippen LogP contribution in [0.4, 0.5) is 0 Å². The molecule has 0 saturated heterocycles. The lowest BCUT2D eigenvalue weighted by atomic mass is 9.94. The van der Waals surface area contributed by atoms with Gasteiger partial charge in [0.2, 0.25) is 11.1 Å². The minimum Gasteiger partial charge on any atom is -0.339 e. The summed E-state index contributed by atoms with van der Waals surface area (Å²) in [6, 6.07) is 8.37. The van der Waals surface area contributed by atoms with Crippen molar-refractivity contribution >= 4 is 17.7 Å². The molecule has 1 saturated carbocycles. The van der Waals surface area contributed by atoms with Crippen molar-refractivity contribution in [3.8, 4) is 11.4 Å². The van der Waals surface area contributed by atoms with Gasteiger partial charge < -0.3 is 10.7 Å². The van der Waals surface area contributed by atoms with Crippen LogP contribution in [0.5, 0.6) is 0 Å². The molecule has 1 aromatic heterocycles. The Morgan fingerprint density at radius 2 is 1.93 bits per heavy atom. The van der Waals surface area contributed by atoms with Gasteiger partial charge >= 0.3 is 0 Å². The molecular formula is C20H29N5OS. The Morgan fingerprint density at radius 1 is 1.26 bits per heavy atom. The quantitative estimate of drug-likeness (QED) is 0.605. The van der Waals surface area contributed by atoms with Crippen LogP contribution in [0.2, 0.25) is 0 Å². The molecule has 7 heteroatoms. The van der Waals surface area contributed by atoms with Gasteiger partial charge in [-0.05, 0) is 33.6 Å². The summed E-state index contributed by atoms with van der Waals surface area (Å²) in [5.41, 5.74) is 2.09. The fourth-order valence-corrected chi connectivity index (χ4v) is 4.53. The summed E-state index contributed by atoms with van der Waals surface area (Å²) in [4.78, 5) is 15.0. The van der Waals surface area contributed by atoms with E-state index in [-0.39, 0.29) is 11.2 Å². The molecule has 27 heavy (non-hydrogen) atoms. The fourth-order valence-electron chi connectivity index (χ4n) is 3.69. The van der Waals surface area contributed by atoms with E-state index in [0.717, 1.165) is 24.9 Å². The first-order chi connectivity index (χ1) is 13.0. The second-order valence-electron chi connectivity index (χ2n) is 7.22. The summed E-state index contributed by atoms with van der Waals surface area (Å²) in [6.07, 6.45) is 5.94. The second kappa shape index (κ2) is 8.78. The van der Waals surface area contributed by atoms with Gasteiger partial charge in [-0.3, -0.25) is 4.79 Å². The summed E-state index contributed by atoms with van der Waals surface area (Å²) in [6.45, 7) is 6.78. The molecule has 2 N–H and O–H groups in total. The van der Waals surface area contributed by atoms with Gasteiger partial charge in [0.1, 0.15) is 0 Å². The first-order valence-corrected chi connectivity index (χ1v) is 10.6. The number of rotatable bonds is 6. The van der Waals surface area contributed by atoms with Crippen LogP contribution in [0.3, 0.4) is 0 Å². The van der Waals surface area contributed by atoms with E-state index < -0.39 is 0 Å². The monoisotopic (exact) mass is 387 g/mol. The number of aryl methyl sites for hydroxylation is 1. The number of benzene rings is 1. The van der Waals surface area contributed by atoms with Gasteiger partial charge in [-0.15, -0.1) is 10.2 Å². The minimum atomic E-state index is -0.246. The van der Waals surface area contributed by atoms with Gasteiger partial charge in [0.15, 0.2) is 5.82 Å². The number of nitrogens with two attached hydrogens (primary N) is 1. The Kier molecular flexibility index (Phi) is 6.42. The Morgan fingerprint density at radius 3 is 2.56 bits per heavy atom. The Balaban J connectivity index is 1.70. The van der Waals surface area contributed by atoms with E-state index in [2.05, 4.69) is 17.1 Å². The third kappa shape index (κ3) is 4.46. The molecule has 0 bridgehead atoms. The molecule has 1 heterocycles.